The minimum atomic E-state index is -0.686. The average molecular weight is 379 g/mol. The second-order valence-electron chi connectivity index (χ2n) is 6.76. The number of phenols is 2. The Morgan fingerprint density at radius 1 is 1.04 bits per heavy atom. The molecule has 2 aromatic heterocycles. The van der Waals surface area contributed by atoms with Crippen LogP contribution in [0.2, 0.25) is 0 Å². The zero-order chi connectivity index (χ0) is 20.0. The predicted octanol–water partition coefficient (Wildman–Crippen LogP) is 4.21. The summed E-state index contributed by atoms with van der Waals surface area (Å²) in [7, 11) is 0. The number of furan rings is 1. The molecule has 0 saturated carbocycles. The minimum absolute atomic E-state index is 0.00147. The van der Waals surface area contributed by atoms with Gasteiger partial charge in [-0.25, -0.2) is 4.79 Å². The zero-order valence-electron chi connectivity index (χ0n) is 15.1. The van der Waals surface area contributed by atoms with Gasteiger partial charge < -0.3 is 24.4 Å². The molecule has 0 spiro atoms. The van der Waals surface area contributed by atoms with Crippen molar-refractivity contribution in [3.05, 3.63) is 52.9 Å². The second-order valence-corrected chi connectivity index (χ2v) is 6.76. The lowest BCUT2D eigenvalue weighted by Gasteiger charge is -2.10. The maximum Gasteiger partial charge on any atom is 0.336 e. The first kappa shape index (κ1) is 17.7. The molecule has 0 unspecified atom stereocenters. The van der Waals surface area contributed by atoms with Gasteiger partial charge in [-0.3, -0.25) is 4.79 Å². The molecular weight excluding hydrogens is 362 g/mol. The third-order valence-corrected chi connectivity index (χ3v) is 4.42. The third-order valence-electron chi connectivity index (χ3n) is 4.42. The third kappa shape index (κ3) is 2.87. The Hall–Kier alpha value is -3.74. The van der Waals surface area contributed by atoms with Crippen molar-refractivity contribution >= 4 is 33.5 Å². The Labute approximate surface area is 158 Å². The van der Waals surface area contributed by atoms with Crippen molar-refractivity contribution < 1.29 is 23.8 Å². The highest BCUT2D eigenvalue weighted by molar-refractivity contribution is 6.10. The molecule has 4 aromatic rings. The van der Waals surface area contributed by atoms with Crippen LogP contribution in [0.25, 0.3) is 33.3 Å². The fourth-order valence-electron chi connectivity index (χ4n) is 3.07. The van der Waals surface area contributed by atoms with Gasteiger partial charge in [0.25, 0.3) is 0 Å². The number of nitrogens with one attached hydrogen (secondary N) is 1. The molecule has 28 heavy (non-hydrogen) atoms. The van der Waals surface area contributed by atoms with Crippen LogP contribution in [0.15, 0.2) is 56.1 Å². The second kappa shape index (κ2) is 6.45. The molecule has 0 radical (unpaired) electrons. The summed E-state index contributed by atoms with van der Waals surface area (Å²) < 4.78 is 11.1. The molecule has 7 heteroatoms. The lowest BCUT2D eigenvalue weighted by atomic mass is 10.0. The van der Waals surface area contributed by atoms with E-state index in [2.05, 4.69) is 5.32 Å². The maximum atomic E-state index is 12.4. The van der Waals surface area contributed by atoms with Crippen LogP contribution >= 0.6 is 0 Å². The molecule has 3 N–H and O–H groups in total. The quantitative estimate of drug-likeness (QED) is 0.460. The van der Waals surface area contributed by atoms with E-state index in [-0.39, 0.29) is 45.6 Å². The Kier molecular flexibility index (Phi) is 4.07. The van der Waals surface area contributed by atoms with Crippen molar-refractivity contribution in [2.75, 3.05) is 5.32 Å². The average Bonchev–Trinajstić information content (AvgIpc) is 2.98. The number of anilines is 1. The number of amides is 1. The highest BCUT2D eigenvalue weighted by atomic mass is 16.4. The first-order valence-electron chi connectivity index (χ1n) is 8.67. The van der Waals surface area contributed by atoms with Gasteiger partial charge in [0.05, 0.1) is 11.1 Å². The smallest absolute Gasteiger partial charge is 0.336 e. The van der Waals surface area contributed by atoms with Gasteiger partial charge in [0.15, 0.2) is 5.76 Å². The molecule has 0 fully saturated rings. The zero-order valence-corrected chi connectivity index (χ0v) is 15.1. The molecule has 142 valence electrons. The number of aromatic hydroxyl groups is 2. The van der Waals surface area contributed by atoms with Gasteiger partial charge in [0.2, 0.25) is 5.91 Å². The summed E-state index contributed by atoms with van der Waals surface area (Å²) in [6.45, 7) is 3.52. The number of hydrogen-bond donors (Lipinski definition) is 3. The van der Waals surface area contributed by atoms with Crippen LogP contribution in [0.1, 0.15) is 13.8 Å². The summed E-state index contributed by atoms with van der Waals surface area (Å²) in [5.41, 5.74) is 0.472. The van der Waals surface area contributed by atoms with Crippen LogP contribution in [0.3, 0.4) is 0 Å². The summed E-state index contributed by atoms with van der Waals surface area (Å²) in [6, 6.07) is 10.7. The molecule has 0 aliphatic heterocycles. The number of benzene rings is 2. The Morgan fingerprint density at radius 2 is 1.79 bits per heavy atom. The molecule has 7 nitrogen and oxygen atoms in total. The van der Waals surface area contributed by atoms with E-state index in [1.54, 1.807) is 38.1 Å². The van der Waals surface area contributed by atoms with E-state index in [1.165, 1.54) is 12.1 Å². The van der Waals surface area contributed by atoms with Crippen molar-refractivity contribution in [2.24, 2.45) is 5.92 Å². The molecule has 2 heterocycles. The fourth-order valence-corrected chi connectivity index (χ4v) is 3.07. The summed E-state index contributed by atoms with van der Waals surface area (Å²) in [5.74, 6) is -0.806. The molecule has 0 saturated heterocycles. The number of carbonyl (C=O) groups excluding carboxylic acids is 1. The number of fused-ring (bicyclic) bond motifs is 2. The Balaban J connectivity index is 2.07. The van der Waals surface area contributed by atoms with E-state index in [1.807, 2.05) is 0 Å². The van der Waals surface area contributed by atoms with Crippen molar-refractivity contribution in [3.63, 3.8) is 0 Å². The summed E-state index contributed by atoms with van der Waals surface area (Å²) in [5, 5.41) is 23.8. The lowest BCUT2D eigenvalue weighted by Crippen LogP contribution is -2.18. The molecule has 0 aliphatic rings. The summed E-state index contributed by atoms with van der Waals surface area (Å²) in [6.07, 6.45) is 0. The van der Waals surface area contributed by atoms with Crippen molar-refractivity contribution in [1.29, 1.82) is 0 Å². The van der Waals surface area contributed by atoms with E-state index in [0.29, 0.717) is 16.7 Å². The summed E-state index contributed by atoms with van der Waals surface area (Å²) >= 11 is 0. The molecule has 4 rings (SSSR count). The van der Waals surface area contributed by atoms with Crippen LogP contribution in [-0.2, 0) is 4.79 Å². The molecular formula is C21H17NO6. The van der Waals surface area contributed by atoms with Gasteiger partial charge in [-0.05, 0) is 12.1 Å². The highest BCUT2D eigenvalue weighted by Gasteiger charge is 2.23. The van der Waals surface area contributed by atoms with E-state index >= 15 is 0 Å². The number of phenolic OH excluding ortho intramolecular Hbond substituents is 2. The molecule has 0 atom stereocenters. The van der Waals surface area contributed by atoms with E-state index in [9.17, 15) is 19.8 Å². The first-order valence-corrected chi connectivity index (χ1v) is 8.67. The van der Waals surface area contributed by atoms with Crippen molar-refractivity contribution in [3.8, 4) is 22.8 Å². The van der Waals surface area contributed by atoms with Gasteiger partial charge in [-0.15, -0.1) is 0 Å². The maximum absolute atomic E-state index is 12.4. The normalized spacial score (nSPS) is 11.4. The van der Waals surface area contributed by atoms with Crippen LogP contribution in [0.5, 0.6) is 11.5 Å². The molecule has 2 aromatic carbocycles. The van der Waals surface area contributed by atoms with Gasteiger partial charge in [0.1, 0.15) is 22.7 Å². The topological polar surface area (TPSA) is 113 Å². The fraction of sp³-hybridized carbons (Fsp3) is 0.143. The number of para-hydroxylation sites is 1. The number of hydrogen-bond acceptors (Lipinski definition) is 6. The number of rotatable bonds is 3. The van der Waals surface area contributed by atoms with Crippen LogP contribution < -0.4 is 10.9 Å². The predicted molar refractivity (Wildman–Crippen MR) is 104 cm³/mol. The monoisotopic (exact) mass is 379 g/mol. The minimum Gasteiger partial charge on any atom is -0.508 e. The molecule has 0 aliphatic carbocycles. The van der Waals surface area contributed by atoms with Crippen LogP contribution in [0, 0.1) is 5.92 Å². The highest BCUT2D eigenvalue weighted by Crippen LogP contribution is 2.43. The Morgan fingerprint density at radius 3 is 2.54 bits per heavy atom. The molecule has 1 amide bonds. The number of carbonyl (C=O) groups is 1. The van der Waals surface area contributed by atoms with Crippen molar-refractivity contribution in [2.45, 2.75) is 13.8 Å². The van der Waals surface area contributed by atoms with E-state index in [4.69, 9.17) is 8.83 Å². The van der Waals surface area contributed by atoms with Gasteiger partial charge >= 0.3 is 5.63 Å². The molecule has 0 bridgehead atoms. The van der Waals surface area contributed by atoms with E-state index in [0.717, 1.165) is 6.07 Å². The standard InChI is InChI=1S/C21H17NO6/c1-10(2)21(26)22-19-12-5-3-4-6-15(12)28-20(19)13-9-17(25)27-16-8-11(23)7-14(24)18(13)16/h3-10,23-24H,1-2H3,(H,22,26). The first-order chi connectivity index (χ1) is 13.3. The lowest BCUT2D eigenvalue weighted by molar-refractivity contribution is -0.118. The Bertz CT molecular complexity index is 1280. The van der Waals surface area contributed by atoms with Gasteiger partial charge in [-0.2, -0.15) is 0 Å². The SMILES string of the molecule is CC(C)C(=O)Nc1c(-c2cc(=O)oc3cc(O)cc(O)c23)oc2ccccc12. The largest absolute Gasteiger partial charge is 0.508 e. The van der Waals surface area contributed by atoms with Crippen LogP contribution in [-0.4, -0.2) is 16.1 Å². The van der Waals surface area contributed by atoms with Crippen molar-refractivity contribution in [1.82, 2.24) is 0 Å². The van der Waals surface area contributed by atoms with Gasteiger partial charge in [-0.1, -0.05) is 26.0 Å². The van der Waals surface area contributed by atoms with Gasteiger partial charge in [0, 0.05) is 35.1 Å². The summed E-state index contributed by atoms with van der Waals surface area (Å²) in [4.78, 5) is 24.5. The van der Waals surface area contributed by atoms with Crippen LogP contribution in [0.4, 0.5) is 5.69 Å². The van der Waals surface area contributed by atoms with E-state index < -0.39 is 5.63 Å².